The van der Waals surface area contributed by atoms with Crippen molar-refractivity contribution < 1.29 is 8.78 Å². The molecule has 0 saturated heterocycles. The zero-order valence-electron chi connectivity index (χ0n) is 9.74. The monoisotopic (exact) mass is 249 g/mol. The topological polar surface area (TPSA) is 43.8 Å². The largest absolute Gasteiger partial charge is 0.324 e. The Labute approximate surface area is 103 Å². The second-order valence-electron chi connectivity index (χ2n) is 4.53. The van der Waals surface area contributed by atoms with Gasteiger partial charge in [-0.1, -0.05) is 6.07 Å². The standard InChI is InChI=1S/C13H13F2N3/c14-9-3-1-4-10(15)13(9)18-12-6-2-5-11(16)8(12)7-17-18/h1,3-4,7,11H,2,5-6,16H2. The van der Waals surface area contributed by atoms with Crippen LogP contribution in [0.4, 0.5) is 8.78 Å². The summed E-state index contributed by atoms with van der Waals surface area (Å²) in [7, 11) is 0. The second-order valence-corrected chi connectivity index (χ2v) is 4.53. The van der Waals surface area contributed by atoms with Crippen LogP contribution in [0, 0.1) is 11.6 Å². The zero-order valence-corrected chi connectivity index (χ0v) is 9.74. The summed E-state index contributed by atoms with van der Waals surface area (Å²) in [4.78, 5) is 0. The van der Waals surface area contributed by atoms with Crippen molar-refractivity contribution in [1.82, 2.24) is 9.78 Å². The number of rotatable bonds is 1. The van der Waals surface area contributed by atoms with Crippen molar-refractivity contribution in [1.29, 1.82) is 0 Å². The van der Waals surface area contributed by atoms with E-state index in [1.54, 1.807) is 6.20 Å². The van der Waals surface area contributed by atoms with Gasteiger partial charge in [-0.25, -0.2) is 13.5 Å². The van der Waals surface area contributed by atoms with Gasteiger partial charge in [0.25, 0.3) is 0 Å². The van der Waals surface area contributed by atoms with Crippen LogP contribution in [0.1, 0.15) is 30.1 Å². The van der Waals surface area contributed by atoms with E-state index in [4.69, 9.17) is 5.73 Å². The van der Waals surface area contributed by atoms with Gasteiger partial charge in [0, 0.05) is 17.3 Å². The zero-order chi connectivity index (χ0) is 12.7. The molecule has 0 aliphatic heterocycles. The van der Waals surface area contributed by atoms with Crippen LogP contribution < -0.4 is 5.73 Å². The molecule has 1 heterocycles. The van der Waals surface area contributed by atoms with E-state index in [0.29, 0.717) is 0 Å². The Hall–Kier alpha value is -1.75. The van der Waals surface area contributed by atoms with Crippen molar-refractivity contribution in [3.8, 4) is 5.69 Å². The van der Waals surface area contributed by atoms with Crippen molar-refractivity contribution in [2.45, 2.75) is 25.3 Å². The lowest BCUT2D eigenvalue weighted by molar-refractivity contribution is 0.533. The first-order valence-electron chi connectivity index (χ1n) is 5.95. The molecule has 2 N–H and O–H groups in total. The Balaban J connectivity index is 2.19. The molecular weight excluding hydrogens is 236 g/mol. The molecule has 1 aromatic heterocycles. The average molecular weight is 249 g/mol. The number of aromatic nitrogens is 2. The Morgan fingerprint density at radius 3 is 2.72 bits per heavy atom. The molecule has 1 unspecified atom stereocenters. The van der Waals surface area contributed by atoms with Crippen LogP contribution in [0.2, 0.25) is 0 Å². The third-order valence-electron chi connectivity index (χ3n) is 3.38. The van der Waals surface area contributed by atoms with Crippen LogP contribution >= 0.6 is 0 Å². The van der Waals surface area contributed by atoms with E-state index >= 15 is 0 Å². The van der Waals surface area contributed by atoms with Gasteiger partial charge >= 0.3 is 0 Å². The molecule has 3 rings (SSSR count). The summed E-state index contributed by atoms with van der Waals surface area (Å²) in [6.45, 7) is 0. The van der Waals surface area contributed by atoms with Crippen LogP contribution in [-0.2, 0) is 6.42 Å². The lowest BCUT2D eigenvalue weighted by Crippen LogP contribution is -2.18. The number of hydrogen-bond acceptors (Lipinski definition) is 2. The molecule has 0 amide bonds. The van der Waals surface area contributed by atoms with E-state index < -0.39 is 11.6 Å². The molecule has 3 nitrogen and oxygen atoms in total. The molecule has 94 valence electrons. The highest BCUT2D eigenvalue weighted by Crippen LogP contribution is 2.30. The van der Waals surface area contributed by atoms with Gasteiger partial charge in [-0.3, -0.25) is 0 Å². The van der Waals surface area contributed by atoms with Gasteiger partial charge in [-0.2, -0.15) is 5.10 Å². The van der Waals surface area contributed by atoms with Crippen molar-refractivity contribution in [2.75, 3.05) is 0 Å². The summed E-state index contributed by atoms with van der Waals surface area (Å²) in [6.07, 6.45) is 4.16. The summed E-state index contributed by atoms with van der Waals surface area (Å²) in [5.74, 6) is -1.22. The highest BCUT2D eigenvalue weighted by atomic mass is 19.1. The summed E-state index contributed by atoms with van der Waals surface area (Å²) < 4.78 is 28.8. The fraction of sp³-hybridized carbons (Fsp3) is 0.308. The fourth-order valence-electron chi connectivity index (χ4n) is 2.48. The maximum atomic E-state index is 13.7. The van der Waals surface area contributed by atoms with Crippen LogP contribution in [0.15, 0.2) is 24.4 Å². The summed E-state index contributed by atoms with van der Waals surface area (Å²) >= 11 is 0. The lowest BCUT2D eigenvalue weighted by atomic mass is 9.94. The van der Waals surface area contributed by atoms with Crippen molar-refractivity contribution in [3.05, 3.63) is 47.3 Å². The highest BCUT2D eigenvalue weighted by molar-refractivity contribution is 5.39. The quantitative estimate of drug-likeness (QED) is 0.843. The molecule has 18 heavy (non-hydrogen) atoms. The normalized spacial score (nSPS) is 18.7. The van der Waals surface area contributed by atoms with Gasteiger partial charge in [0.1, 0.15) is 5.69 Å². The molecular formula is C13H13F2N3. The number of halogens is 2. The van der Waals surface area contributed by atoms with E-state index in [0.717, 1.165) is 30.5 Å². The molecule has 1 aliphatic carbocycles. The number of fused-ring (bicyclic) bond motifs is 1. The number of nitrogens with zero attached hydrogens (tertiary/aromatic N) is 2. The minimum atomic E-state index is -0.611. The smallest absolute Gasteiger partial charge is 0.151 e. The Bertz CT molecular complexity index is 572. The van der Waals surface area contributed by atoms with Crippen LogP contribution in [0.3, 0.4) is 0 Å². The average Bonchev–Trinajstić information content (AvgIpc) is 2.75. The minimum absolute atomic E-state index is 0.0858. The summed E-state index contributed by atoms with van der Waals surface area (Å²) in [6, 6.07) is 3.72. The number of benzene rings is 1. The van der Waals surface area contributed by atoms with Gasteiger partial charge in [-0.05, 0) is 31.4 Å². The maximum absolute atomic E-state index is 13.7. The second kappa shape index (κ2) is 4.17. The predicted octanol–water partition coefficient (Wildman–Crippen LogP) is 2.49. The van der Waals surface area contributed by atoms with Crippen molar-refractivity contribution in [2.24, 2.45) is 5.73 Å². The molecule has 0 fully saturated rings. The summed E-state index contributed by atoms with van der Waals surface area (Å²) in [5, 5.41) is 4.10. The van der Waals surface area contributed by atoms with Gasteiger partial charge in [0.05, 0.1) is 6.20 Å². The minimum Gasteiger partial charge on any atom is -0.324 e. The molecule has 5 heteroatoms. The van der Waals surface area contributed by atoms with Crippen LogP contribution in [0.5, 0.6) is 0 Å². The van der Waals surface area contributed by atoms with E-state index in [9.17, 15) is 8.78 Å². The molecule has 0 saturated carbocycles. The van der Waals surface area contributed by atoms with Crippen molar-refractivity contribution in [3.63, 3.8) is 0 Å². The van der Waals surface area contributed by atoms with E-state index in [1.165, 1.54) is 22.9 Å². The number of nitrogens with two attached hydrogens (primary N) is 1. The van der Waals surface area contributed by atoms with Crippen molar-refractivity contribution >= 4 is 0 Å². The van der Waals surface area contributed by atoms with Crippen LogP contribution in [0.25, 0.3) is 5.69 Å². The highest BCUT2D eigenvalue weighted by Gasteiger charge is 2.24. The molecule has 0 spiro atoms. The van der Waals surface area contributed by atoms with Gasteiger partial charge in [0.2, 0.25) is 0 Å². The first-order valence-corrected chi connectivity index (χ1v) is 5.95. The molecule has 1 atom stereocenters. The molecule has 2 aromatic rings. The van der Waals surface area contributed by atoms with E-state index in [2.05, 4.69) is 5.10 Å². The third-order valence-corrected chi connectivity index (χ3v) is 3.38. The molecule has 0 bridgehead atoms. The van der Waals surface area contributed by atoms with E-state index in [1.807, 2.05) is 0 Å². The Kier molecular flexibility index (Phi) is 2.63. The van der Waals surface area contributed by atoms with E-state index in [-0.39, 0.29) is 11.7 Å². The molecule has 1 aromatic carbocycles. The first kappa shape index (κ1) is 11.3. The molecule has 1 aliphatic rings. The number of hydrogen-bond donors (Lipinski definition) is 1. The van der Waals surface area contributed by atoms with Gasteiger partial charge in [0.15, 0.2) is 11.6 Å². The molecule has 0 radical (unpaired) electrons. The van der Waals surface area contributed by atoms with Gasteiger partial charge < -0.3 is 5.73 Å². The fourth-order valence-corrected chi connectivity index (χ4v) is 2.48. The Morgan fingerprint density at radius 1 is 1.28 bits per heavy atom. The van der Waals surface area contributed by atoms with Gasteiger partial charge in [-0.15, -0.1) is 0 Å². The van der Waals surface area contributed by atoms with Crippen LogP contribution in [-0.4, -0.2) is 9.78 Å². The maximum Gasteiger partial charge on any atom is 0.151 e. The SMILES string of the molecule is NC1CCCc2c1cnn2-c1c(F)cccc1F. The summed E-state index contributed by atoms with van der Waals surface area (Å²) in [5.41, 5.74) is 7.57. The lowest BCUT2D eigenvalue weighted by Gasteiger charge is -2.19. The number of para-hydroxylation sites is 1. The third kappa shape index (κ3) is 1.62. The Morgan fingerprint density at radius 2 is 2.00 bits per heavy atom. The first-order chi connectivity index (χ1) is 8.68. The predicted molar refractivity (Wildman–Crippen MR) is 63.3 cm³/mol.